The third-order valence-electron chi connectivity index (χ3n) is 5.08. The summed E-state index contributed by atoms with van der Waals surface area (Å²) in [5, 5.41) is 6.03. The highest BCUT2D eigenvalue weighted by molar-refractivity contribution is 7.13. The quantitative estimate of drug-likeness (QED) is 0.609. The van der Waals surface area contributed by atoms with Crippen molar-refractivity contribution in [2.75, 3.05) is 38.0 Å². The first-order valence-corrected chi connectivity index (χ1v) is 11.3. The first-order valence-electron chi connectivity index (χ1n) is 10.0. The van der Waals surface area contributed by atoms with Gasteiger partial charge in [0.25, 0.3) is 0 Å². The first-order chi connectivity index (χ1) is 15.0. The number of nitrogens with one attached hydrogen (secondary N) is 1. The molecule has 7 nitrogen and oxygen atoms in total. The van der Waals surface area contributed by atoms with Crippen molar-refractivity contribution in [1.82, 2.24) is 14.8 Å². The van der Waals surface area contributed by atoms with Gasteiger partial charge in [0.2, 0.25) is 11.8 Å². The number of nitrogens with zero attached hydrogens (tertiary/aromatic N) is 3. The minimum absolute atomic E-state index is 0.0487. The maximum absolute atomic E-state index is 12.7. The molecule has 0 atom stereocenters. The molecule has 0 unspecified atom stereocenters. The molecule has 0 spiro atoms. The highest BCUT2D eigenvalue weighted by Gasteiger charge is 2.23. The zero-order valence-corrected chi connectivity index (χ0v) is 18.7. The van der Waals surface area contributed by atoms with E-state index in [1.165, 1.54) is 11.3 Å². The molecule has 31 heavy (non-hydrogen) atoms. The van der Waals surface area contributed by atoms with Crippen LogP contribution in [-0.4, -0.2) is 59.3 Å². The van der Waals surface area contributed by atoms with Crippen LogP contribution in [0, 0.1) is 6.92 Å². The molecule has 1 fully saturated rings. The van der Waals surface area contributed by atoms with Crippen molar-refractivity contribution in [3.63, 3.8) is 0 Å². The Morgan fingerprint density at radius 3 is 2.65 bits per heavy atom. The van der Waals surface area contributed by atoms with Gasteiger partial charge < -0.3 is 14.6 Å². The second-order valence-electron chi connectivity index (χ2n) is 7.42. The van der Waals surface area contributed by atoms with Crippen LogP contribution in [-0.2, 0) is 16.0 Å². The molecule has 1 aromatic carbocycles. The lowest BCUT2D eigenvalue weighted by molar-refractivity contribution is -0.132. The zero-order valence-electron chi connectivity index (χ0n) is 17.1. The SMILES string of the molecule is Cc1ccc(-c2nc(CC(=O)N3CCN(CC(=O)Nc4ccccc4Cl)CC3)cs2)o1. The summed E-state index contributed by atoms with van der Waals surface area (Å²) in [4.78, 5) is 33.4. The lowest BCUT2D eigenvalue weighted by atomic mass is 10.2. The van der Waals surface area contributed by atoms with E-state index < -0.39 is 0 Å². The topological polar surface area (TPSA) is 78.7 Å². The summed E-state index contributed by atoms with van der Waals surface area (Å²) in [6.45, 7) is 4.64. The van der Waals surface area contributed by atoms with Gasteiger partial charge in [-0.15, -0.1) is 11.3 Å². The molecule has 1 N–H and O–H groups in total. The molecule has 0 bridgehead atoms. The fourth-order valence-corrected chi connectivity index (χ4v) is 4.39. The molecule has 1 saturated heterocycles. The van der Waals surface area contributed by atoms with Crippen molar-refractivity contribution >= 4 is 40.4 Å². The summed E-state index contributed by atoms with van der Waals surface area (Å²) in [5.74, 6) is 1.50. The van der Waals surface area contributed by atoms with Gasteiger partial charge in [0.1, 0.15) is 5.76 Å². The number of anilines is 1. The number of carbonyl (C=O) groups excluding carboxylic acids is 2. The van der Waals surface area contributed by atoms with Gasteiger partial charge in [-0.25, -0.2) is 4.98 Å². The average molecular weight is 459 g/mol. The van der Waals surface area contributed by atoms with E-state index in [1.807, 2.05) is 46.4 Å². The van der Waals surface area contributed by atoms with Crippen LogP contribution in [0.2, 0.25) is 5.02 Å². The van der Waals surface area contributed by atoms with Gasteiger partial charge in [0.15, 0.2) is 10.8 Å². The molecule has 9 heteroatoms. The summed E-state index contributed by atoms with van der Waals surface area (Å²) in [6.07, 6.45) is 0.267. The second-order valence-corrected chi connectivity index (χ2v) is 8.68. The minimum Gasteiger partial charge on any atom is -0.459 e. The van der Waals surface area contributed by atoms with Gasteiger partial charge in [-0.05, 0) is 31.2 Å². The van der Waals surface area contributed by atoms with Gasteiger partial charge in [-0.3, -0.25) is 14.5 Å². The van der Waals surface area contributed by atoms with Crippen LogP contribution in [0.5, 0.6) is 0 Å². The smallest absolute Gasteiger partial charge is 0.238 e. The second kappa shape index (κ2) is 9.64. The standard InChI is InChI=1S/C22H23ClN4O3S/c1-15-6-7-19(30-15)22-24-16(14-31-22)12-21(29)27-10-8-26(9-11-27)13-20(28)25-18-5-3-2-4-17(18)23/h2-7,14H,8-13H2,1H3,(H,25,28). The van der Waals surface area contributed by atoms with Crippen LogP contribution in [0.1, 0.15) is 11.5 Å². The molecular weight excluding hydrogens is 436 g/mol. The number of piperazine rings is 1. The molecule has 162 valence electrons. The molecule has 0 aliphatic carbocycles. The van der Waals surface area contributed by atoms with E-state index in [2.05, 4.69) is 10.3 Å². The highest BCUT2D eigenvalue weighted by atomic mass is 35.5. The monoisotopic (exact) mass is 458 g/mol. The van der Waals surface area contributed by atoms with Crippen molar-refractivity contribution in [1.29, 1.82) is 0 Å². The van der Waals surface area contributed by atoms with Gasteiger partial charge in [0.05, 0.1) is 29.4 Å². The fraction of sp³-hybridized carbons (Fsp3) is 0.318. The summed E-state index contributed by atoms with van der Waals surface area (Å²) in [7, 11) is 0. The Bertz CT molecular complexity index is 1070. The summed E-state index contributed by atoms with van der Waals surface area (Å²) >= 11 is 7.56. The largest absolute Gasteiger partial charge is 0.459 e. The van der Waals surface area contributed by atoms with Crippen LogP contribution >= 0.6 is 22.9 Å². The number of hydrogen-bond donors (Lipinski definition) is 1. The van der Waals surface area contributed by atoms with Crippen LogP contribution < -0.4 is 5.32 Å². The van der Waals surface area contributed by atoms with Crippen LogP contribution in [0.15, 0.2) is 46.2 Å². The first kappa shape index (κ1) is 21.5. The Morgan fingerprint density at radius 2 is 1.94 bits per heavy atom. The maximum atomic E-state index is 12.7. The van der Waals surface area contributed by atoms with E-state index in [9.17, 15) is 9.59 Å². The maximum Gasteiger partial charge on any atom is 0.238 e. The predicted molar refractivity (Wildman–Crippen MR) is 121 cm³/mol. The van der Waals surface area contributed by atoms with E-state index >= 15 is 0 Å². The van der Waals surface area contributed by atoms with Gasteiger partial charge in [0, 0.05) is 31.6 Å². The molecule has 2 aromatic heterocycles. The van der Waals surface area contributed by atoms with E-state index in [0.29, 0.717) is 36.9 Å². The van der Waals surface area contributed by atoms with E-state index in [4.69, 9.17) is 16.0 Å². The van der Waals surface area contributed by atoms with Crippen molar-refractivity contribution in [2.24, 2.45) is 0 Å². The fourth-order valence-electron chi connectivity index (χ4n) is 3.43. The molecule has 1 aliphatic heterocycles. The number of carbonyl (C=O) groups is 2. The van der Waals surface area contributed by atoms with Crippen LogP contribution in [0.4, 0.5) is 5.69 Å². The Hall–Kier alpha value is -2.68. The molecule has 0 saturated carbocycles. The van der Waals surface area contributed by atoms with E-state index in [0.717, 1.165) is 22.2 Å². The molecular formula is C22H23ClN4O3S. The number of amides is 2. The van der Waals surface area contributed by atoms with Crippen molar-refractivity contribution in [2.45, 2.75) is 13.3 Å². The van der Waals surface area contributed by atoms with Gasteiger partial charge in [-0.2, -0.15) is 0 Å². The molecule has 2 amide bonds. The van der Waals surface area contributed by atoms with Gasteiger partial charge >= 0.3 is 0 Å². The Morgan fingerprint density at radius 1 is 1.16 bits per heavy atom. The summed E-state index contributed by atoms with van der Waals surface area (Å²) in [6, 6.07) is 10.9. The third kappa shape index (κ3) is 5.52. The summed E-state index contributed by atoms with van der Waals surface area (Å²) in [5.41, 5.74) is 1.36. The van der Waals surface area contributed by atoms with Gasteiger partial charge in [-0.1, -0.05) is 23.7 Å². The van der Waals surface area contributed by atoms with Crippen molar-refractivity contribution in [3.8, 4) is 10.8 Å². The number of benzene rings is 1. The van der Waals surface area contributed by atoms with Crippen LogP contribution in [0.25, 0.3) is 10.8 Å². The Labute approximate surface area is 189 Å². The molecule has 4 rings (SSSR count). The summed E-state index contributed by atoms with van der Waals surface area (Å²) < 4.78 is 5.60. The number of halogens is 1. The van der Waals surface area contributed by atoms with Crippen molar-refractivity contribution < 1.29 is 14.0 Å². The Balaban J connectivity index is 1.24. The van der Waals surface area contributed by atoms with Crippen molar-refractivity contribution in [3.05, 3.63) is 58.3 Å². The number of hydrogen-bond acceptors (Lipinski definition) is 6. The predicted octanol–water partition coefficient (Wildman–Crippen LogP) is 3.69. The van der Waals surface area contributed by atoms with E-state index in [-0.39, 0.29) is 24.8 Å². The minimum atomic E-state index is -0.115. The lowest BCUT2D eigenvalue weighted by Gasteiger charge is -2.34. The van der Waals surface area contributed by atoms with E-state index in [1.54, 1.807) is 12.1 Å². The molecule has 1 aliphatic rings. The number of thiazole rings is 1. The molecule has 3 heterocycles. The number of aryl methyl sites for hydroxylation is 1. The number of furan rings is 1. The zero-order chi connectivity index (χ0) is 21.8. The highest BCUT2D eigenvalue weighted by Crippen LogP contribution is 2.26. The molecule has 3 aromatic rings. The third-order valence-corrected chi connectivity index (χ3v) is 6.31. The van der Waals surface area contributed by atoms with Crippen LogP contribution in [0.3, 0.4) is 0 Å². The number of rotatable bonds is 6. The molecule has 0 radical (unpaired) electrons. The lowest BCUT2D eigenvalue weighted by Crippen LogP contribution is -2.50. The Kier molecular flexibility index (Phi) is 6.70. The number of para-hydroxylation sites is 1. The number of aromatic nitrogens is 1. The normalized spacial score (nSPS) is 14.6. The average Bonchev–Trinajstić information content (AvgIpc) is 3.39.